The number of aromatic nitrogens is 2. The van der Waals surface area contributed by atoms with Crippen molar-refractivity contribution in [2.24, 2.45) is 0 Å². The van der Waals surface area contributed by atoms with Crippen molar-refractivity contribution in [3.63, 3.8) is 0 Å². The van der Waals surface area contributed by atoms with Gasteiger partial charge in [0.05, 0.1) is 12.7 Å². The van der Waals surface area contributed by atoms with Crippen LogP contribution < -0.4 is 0 Å². The standard InChI is InChI=1S/C14H18N2O/c1-2-12-3-5-13(6-4-12)10-16-11-14(7-8-17)9-15-16/h3-6,9,11,17H,2,7-8,10H2,1H3. The summed E-state index contributed by atoms with van der Waals surface area (Å²) in [6.07, 6.45) is 5.55. The van der Waals surface area contributed by atoms with Gasteiger partial charge in [0.1, 0.15) is 0 Å². The zero-order chi connectivity index (χ0) is 12.1. The molecule has 0 amide bonds. The number of aliphatic hydroxyl groups is 1. The van der Waals surface area contributed by atoms with E-state index in [1.807, 2.05) is 17.1 Å². The summed E-state index contributed by atoms with van der Waals surface area (Å²) in [4.78, 5) is 0. The van der Waals surface area contributed by atoms with Crippen molar-refractivity contribution in [2.75, 3.05) is 6.61 Å². The summed E-state index contributed by atoms with van der Waals surface area (Å²) in [5.74, 6) is 0. The van der Waals surface area contributed by atoms with Crippen LogP contribution >= 0.6 is 0 Å². The van der Waals surface area contributed by atoms with E-state index in [0.717, 1.165) is 18.5 Å². The largest absolute Gasteiger partial charge is 0.396 e. The van der Waals surface area contributed by atoms with Gasteiger partial charge in [-0.05, 0) is 29.5 Å². The molecular weight excluding hydrogens is 212 g/mol. The van der Waals surface area contributed by atoms with E-state index in [4.69, 9.17) is 5.11 Å². The summed E-state index contributed by atoms with van der Waals surface area (Å²) < 4.78 is 1.91. The maximum absolute atomic E-state index is 8.84. The van der Waals surface area contributed by atoms with Crippen molar-refractivity contribution < 1.29 is 5.11 Å². The molecule has 90 valence electrons. The van der Waals surface area contributed by atoms with Gasteiger partial charge in [0.25, 0.3) is 0 Å². The second kappa shape index (κ2) is 5.64. The molecule has 1 aromatic carbocycles. The number of hydrogen-bond donors (Lipinski definition) is 1. The Morgan fingerprint density at radius 2 is 1.82 bits per heavy atom. The molecule has 1 N–H and O–H groups in total. The van der Waals surface area contributed by atoms with E-state index in [1.165, 1.54) is 11.1 Å². The highest BCUT2D eigenvalue weighted by atomic mass is 16.2. The zero-order valence-electron chi connectivity index (χ0n) is 10.1. The molecule has 0 radical (unpaired) electrons. The van der Waals surface area contributed by atoms with E-state index in [0.29, 0.717) is 6.42 Å². The minimum atomic E-state index is 0.177. The minimum Gasteiger partial charge on any atom is -0.396 e. The van der Waals surface area contributed by atoms with Crippen molar-refractivity contribution in [3.05, 3.63) is 53.3 Å². The SMILES string of the molecule is CCc1ccc(Cn2cc(CCO)cn2)cc1. The molecule has 0 aliphatic rings. The van der Waals surface area contributed by atoms with Crippen LogP contribution in [0.2, 0.25) is 0 Å². The smallest absolute Gasteiger partial charge is 0.0659 e. The van der Waals surface area contributed by atoms with Gasteiger partial charge in [0.2, 0.25) is 0 Å². The Morgan fingerprint density at radius 3 is 2.47 bits per heavy atom. The van der Waals surface area contributed by atoms with Gasteiger partial charge in [0.15, 0.2) is 0 Å². The average molecular weight is 230 g/mol. The quantitative estimate of drug-likeness (QED) is 0.853. The van der Waals surface area contributed by atoms with E-state index in [1.54, 1.807) is 0 Å². The summed E-state index contributed by atoms with van der Waals surface area (Å²) in [5, 5.41) is 13.1. The summed E-state index contributed by atoms with van der Waals surface area (Å²) in [6.45, 7) is 3.12. The van der Waals surface area contributed by atoms with Crippen LogP contribution in [0.4, 0.5) is 0 Å². The Labute approximate surface area is 102 Å². The fourth-order valence-corrected chi connectivity index (χ4v) is 1.82. The lowest BCUT2D eigenvalue weighted by atomic mass is 10.1. The van der Waals surface area contributed by atoms with E-state index in [2.05, 4.69) is 36.3 Å². The highest BCUT2D eigenvalue weighted by Gasteiger charge is 1.99. The van der Waals surface area contributed by atoms with Crippen molar-refractivity contribution in [3.8, 4) is 0 Å². The molecule has 0 bridgehead atoms. The van der Waals surface area contributed by atoms with Crippen molar-refractivity contribution in [2.45, 2.75) is 26.3 Å². The number of rotatable bonds is 5. The molecule has 0 saturated carbocycles. The van der Waals surface area contributed by atoms with E-state index in [-0.39, 0.29) is 6.61 Å². The van der Waals surface area contributed by atoms with Gasteiger partial charge in [-0.15, -0.1) is 0 Å². The molecule has 0 atom stereocenters. The Kier molecular flexibility index (Phi) is 3.94. The fourth-order valence-electron chi connectivity index (χ4n) is 1.82. The number of aliphatic hydroxyl groups excluding tert-OH is 1. The highest BCUT2D eigenvalue weighted by molar-refractivity contribution is 5.22. The summed E-state index contributed by atoms with van der Waals surface area (Å²) >= 11 is 0. The average Bonchev–Trinajstić information content (AvgIpc) is 2.78. The first-order valence-corrected chi connectivity index (χ1v) is 6.02. The second-order valence-electron chi connectivity index (χ2n) is 4.19. The number of aryl methyl sites for hydroxylation is 1. The lowest BCUT2D eigenvalue weighted by Gasteiger charge is -2.03. The number of nitrogens with zero attached hydrogens (tertiary/aromatic N) is 2. The third-order valence-electron chi connectivity index (χ3n) is 2.86. The van der Waals surface area contributed by atoms with Gasteiger partial charge in [-0.25, -0.2) is 0 Å². The predicted molar refractivity (Wildman–Crippen MR) is 67.9 cm³/mol. The van der Waals surface area contributed by atoms with Crippen molar-refractivity contribution in [1.82, 2.24) is 9.78 Å². The van der Waals surface area contributed by atoms with Gasteiger partial charge in [-0.3, -0.25) is 4.68 Å². The number of benzene rings is 1. The third-order valence-corrected chi connectivity index (χ3v) is 2.86. The zero-order valence-corrected chi connectivity index (χ0v) is 10.1. The molecule has 1 aromatic heterocycles. The van der Waals surface area contributed by atoms with Gasteiger partial charge in [0, 0.05) is 12.8 Å². The first-order valence-electron chi connectivity index (χ1n) is 6.02. The van der Waals surface area contributed by atoms with Crippen LogP contribution in [0.3, 0.4) is 0 Å². The van der Waals surface area contributed by atoms with Crippen LogP contribution in [0.5, 0.6) is 0 Å². The topological polar surface area (TPSA) is 38.0 Å². The van der Waals surface area contributed by atoms with E-state index in [9.17, 15) is 0 Å². The maximum atomic E-state index is 8.84. The van der Waals surface area contributed by atoms with E-state index < -0.39 is 0 Å². The third kappa shape index (κ3) is 3.17. The fraction of sp³-hybridized carbons (Fsp3) is 0.357. The van der Waals surface area contributed by atoms with E-state index >= 15 is 0 Å². The molecule has 0 aliphatic heterocycles. The van der Waals surface area contributed by atoms with Crippen molar-refractivity contribution in [1.29, 1.82) is 0 Å². The molecule has 2 rings (SSSR count). The summed E-state index contributed by atoms with van der Waals surface area (Å²) in [7, 11) is 0. The summed E-state index contributed by atoms with van der Waals surface area (Å²) in [6, 6.07) is 8.61. The molecule has 17 heavy (non-hydrogen) atoms. The molecule has 0 saturated heterocycles. The monoisotopic (exact) mass is 230 g/mol. The Bertz CT molecular complexity index is 459. The van der Waals surface area contributed by atoms with Crippen LogP contribution in [0.25, 0.3) is 0 Å². The molecule has 0 aliphatic carbocycles. The van der Waals surface area contributed by atoms with Crippen LogP contribution in [0.1, 0.15) is 23.6 Å². The maximum Gasteiger partial charge on any atom is 0.0659 e. The van der Waals surface area contributed by atoms with Crippen LogP contribution in [-0.2, 0) is 19.4 Å². The molecule has 3 nitrogen and oxygen atoms in total. The molecular formula is C14H18N2O. The van der Waals surface area contributed by atoms with Crippen LogP contribution in [0, 0.1) is 0 Å². The van der Waals surface area contributed by atoms with Crippen LogP contribution in [0.15, 0.2) is 36.7 Å². The van der Waals surface area contributed by atoms with Gasteiger partial charge in [-0.1, -0.05) is 31.2 Å². The predicted octanol–water partition coefficient (Wildman–Crippen LogP) is 2.03. The summed E-state index contributed by atoms with van der Waals surface area (Å²) in [5.41, 5.74) is 3.69. The minimum absolute atomic E-state index is 0.177. The normalized spacial score (nSPS) is 10.7. The van der Waals surface area contributed by atoms with Gasteiger partial charge >= 0.3 is 0 Å². The molecule has 2 aromatic rings. The second-order valence-corrected chi connectivity index (χ2v) is 4.19. The Hall–Kier alpha value is -1.61. The highest BCUT2D eigenvalue weighted by Crippen LogP contribution is 2.07. The molecule has 3 heteroatoms. The lowest BCUT2D eigenvalue weighted by molar-refractivity contribution is 0.299. The van der Waals surface area contributed by atoms with Crippen LogP contribution in [-0.4, -0.2) is 21.5 Å². The Morgan fingerprint density at radius 1 is 1.12 bits per heavy atom. The molecule has 0 fully saturated rings. The lowest BCUT2D eigenvalue weighted by Crippen LogP contribution is -2.00. The molecule has 0 spiro atoms. The Balaban J connectivity index is 2.03. The molecule has 1 heterocycles. The first-order chi connectivity index (χ1) is 8.31. The van der Waals surface area contributed by atoms with Gasteiger partial charge in [-0.2, -0.15) is 5.10 Å². The van der Waals surface area contributed by atoms with Gasteiger partial charge < -0.3 is 5.11 Å². The first kappa shape index (κ1) is 11.9. The van der Waals surface area contributed by atoms with Crippen molar-refractivity contribution >= 4 is 0 Å². The number of hydrogen-bond acceptors (Lipinski definition) is 2. The molecule has 0 unspecified atom stereocenters.